The van der Waals surface area contributed by atoms with Gasteiger partial charge in [0.1, 0.15) is 0 Å². The molecule has 0 aromatic heterocycles. The number of carbonyl (C=O) groups excluding carboxylic acids is 1. The number of likely N-dealkylation sites (N-methyl/N-ethyl adjacent to an activating group) is 1. The van der Waals surface area contributed by atoms with Crippen LogP contribution in [0.15, 0.2) is 42.5 Å². The monoisotopic (exact) mass is 405 g/mol. The van der Waals surface area contributed by atoms with Gasteiger partial charge in [0.15, 0.2) is 0 Å². The Labute approximate surface area is 170 Å². The molecule has 2 aromatic carbocycles. The molecule has 0 bridgehead atoms. The number of likely N-dealkylation sites (tertiary alicyclic amines) is 1. The van der Waals surface area contributed by atoms with E-state index in [1.165, 1.54) is 12.8 Å². The van der Waals surface area contributed by atoms with Gasteiger partial charge in [0.25, 0.3) is 0 Å². The molecule has 1 aliphatic heterocycles. The van der Waals surface area contributed by atoms with Crippen LogP contribution in [-0.2, 0) is 11.2 Å². The molecule has 1 atom stereocenters. The molecule has 3 rings (SSSR count). The number of benzene rings is 2. The van der Waals surface area contributed by atoms with Crippen molar-refractivity contribution in [3.63, 3.8) is 0 Å². The van der Waals surface area contributed by atoms with Crippen molar-refractivity contribution in [2.75, 3.05) is 32.4 Å². The van der Waals surface area contributed by atoms with E-state index in [2.05, 4.69) is 17.0 Å². The lowest BCUT2D eigenvalue weighted by Gasteiger charge is -2.32. The number of anilines is 1. The van der Waals surface area contributed by atoms with Crippen molar-refractivity contribution in [2.45, 2.75) is 25.3 Å². The number of carbonyl (C=O) groups is 1. The molecule has 4 nitrogen and oxygen atoms in total. The molecule has 0 aliphatic carbocycles. The molecule has 2 N–H and O–H groups in total. The number of nitrogens with zero attached hydrogens (tertiary/aromatic N) is 2. The van der Waals surface area contributed by atoms with Crippen LogP contribution in [0.5, 0.6) is 0 Å². The predicted molar refractivity (Wildman–Crippen MR) is 112 cm³/mol. The van der Waals surface area contributed by atoms with Gasteiger partial charge in [-0.1, -0.05) is 53.5 Å². The molecule has 0 spiro atoms. The maximum atomic E-state index is 13.0. The molecular weight excluding hydrogens is 381 g/mol. The lowest BCUT2D eigenvalue weighted by molar-refractivity contribution is -0.131. The highest BCUT2D eigenvalue weighted by molar-refractivity contribution is 6.42. The van der Waals surface area contributed by atoms with Crippen LogP contribution in [0.25, 0.3) is 0 Å². The standard InChI is InChI=1S/C21H25Cl2N3O/c1-25(21(27)12-16-11-17(22)18(23)13-19(16)24)20(14-26-9-5-6-10-26)15-7-3-2-4-8-15/h2-4,7-8,11,13,20H,5-6,9-10,12,14,24H2,1H3. The van der Waals surface area contributed by atoms with Gasteiger partial charge in [-0.25, -0.2) is 0 Å². The first kappa shape index (κ1) is 20.0. The highest BCUT2D eigenvalue weighted by atomic mass is 35.5. The van der Waals surface area contributed by atoms with Gasteiger partial charge in [-0.15, -0.1) is 0 Å². The Kier molecular flexibility index (Phi) is 6.64. The van der Waals surface area contributed by atoms with E-state index in [0.29, 0.717) is 21.3 Å². The third-order valence-corrected chi connectivity index (χ3v) is 5.92. The number of rotatable bonds is 6. The summed E-state index contributed by atoms with van der Waals surface area (Å²) in [5.74, 6) is 0.00754. The number of nitrogen functional groups attached to an aromatic ring is 1. The molecule has 0 saturated carbocycles. The average Bonchev–Trinajstić information content (AvgIpc) is 3.17. The smallest absolute Gasteiger partial charge is 0.227 e. The predicted octanol–water partition coefficient (Wildman–Crippen LogP) is 4.41. The van der Waals surface area contributed by atoms with Crippen molar-refractivity contribution in [3.05, 3.63) is 63.6 Å². The minimum Gasteiger partial charge on any atom is -0.398 e. The third kappa shape index (κ3) is 4.95. The first-order valence-electron chi connectivity index (χ1n) is 9.22. The van der Waals surface area contributed by atoms with Gasteiger partial charge in [-0.3, -0.25) is 4.79 Å². The minimum absolute atomic E-state index is 0.000738. The van der Waals surface area contributed by atoms with Gasteiger partial charge < -0.3 is 15.5 Å². The Morgan fingerprint density at radius 2 is 1.78 bits per heavy atom. The molecular formula is C21H25Cl2N3O. The van der Waals surface area contributed by atoms with Crippen LogP contribution >= 0.6 is 23.2 Å². The normalized spacial score (nSPS) is 15.7. The van der Waals surface area contributed by atoms with Crippen LogP contribution in [-0.4, -0.2) is 42.4 Å². The van der Waals surface area contributed by atoms with E-state index in [1.807, 2.05) is 30.1 Å². The zero-order chi connectivity index (χ0) is 19.4. The van der Waals surface area contributed by atoms with Gasteiger partial charge in [-0.2, -0.15) is 0 Å². The van der Waals surface area contributed by atoms with E-state index in [9.17, 15) is 4.79 Å². The summed E-state index contributed by atoms with van der Waals surface area (Å²) in [5.41, 5.74) is 8.37. The number of hydrogen-bond acceptors (Lipinski definition) is 3. The molecule has 1 amide bonds. The minimum atomic E-state index is 0.000738. The molecule has 1 aliphatic rings. The topological polar surface area (TPSA) is 49.6 Å². The van der Waals surface area contributed by atoms with Crippen LogP contribution in [0, 0.1) is 0 Å². The first-order chi connectivity index (χ1) is 13.0. The van der Waals surface area contributed by atoms with Crippen molar-refractivity contribution in [2.24, 2.45) is 0 Å². The number of nitrogens with two attached hydrogens (primary N) is 1. The fraction of sp³-hybridized carbons (Fsp3) is 0.381. The maximum Gasteiger partial charge on any atom is 0.227 e. The second-order valence-corrected chi connectivity index (χ2v) is 7.90. The van der Waals surface area contributed by atoms with Crippen LogP contribution in [0.2, 0.25) is 10.0 Å². The lowest BCUT2D eigenvalue weighted by Crippen LogP contribution is -2.39. The number of hydrogen-bond donors (Lipinski definition) is 1. The summed E-state index contributed by atoms with van der Waals surface area (Å²) in [6, 6.07) is 13.5. The van der Waals surface area contributed by atoms with Gasteiger partial charge in [-0.05, 0) is 49.2 Å². The molecule has 2 aromatic rings. The van der Waals surface area contributed by atoms with E-state index < -0.39 is 0 Å². The SMILES string of the molecule is CN(C(=O)Cc1cc(Cl)c(Cl)cc1N)C(CN1CCCC1)c1ccccc1. The molecule has 144 valence electrons. The Morgan fingerprint density at radius 3 is 2.44 bits per heavy atom. The number of amides is 1. The summed E-state index contributed by atoms with van der Waals surface area (Å²) >= 11 is 12.1. The van der Waals surface area contributed by atoms with Crippen LogP contribution in [0.3, 0.4) is 0 Å². The molecule has 1 saturated heterocycles. The van der Waals surface area contributed by atoms with Crippen molar-refractivity contribution in [1.82, 2.24) is 9.80 Å². The summed E-state index contributed by atoms with van der Waals surface area (Å²) < 4.78 is 0. The van der Waals surface area contributed by atoms with Crippen molar-refractivity contribution >= 4 is 34.8 Å². The van der Waals surface area contributed by atoms with E-state index in [1.54, 1.807) is 12.1 Å². The second-order valence-electron chi connectivity index (χ2n) is 7.08. The second kappa shape index (κ2) is 8.96. The zero-order valence-corrected chi connectivity index (χ0v) is 17.0. The summed E-state index contributed by atoms with van der Waals surface area (Å²) in [5, 5.41) is 0.808. The summed E-state index contributed by atoms with van der Waals surface area (Å²) in [6.45, 7) is 3.01. The molecule has 1 heterocycles. The van der Waals surface area contributed by atoms with Crippen molar-refractivity contribution in [1.29, 1.82) is 0 Å². The van der Waals surface area contributed by atoms with Crippen molar-refractivity contribution < 1.29 is 4.79 Å². The van der Waals surface area contributed by atoms with Gasteiger partial charge in [0, 0.05) is 19.3 Å². The van der Waals surface area contributed by atoms with Crippen LogP contribution < -0.4 is 5.73 Å². The average molecular weight is 406 g/mol. The van der Waals surface area contributed by atoms with E-state index in [0.717, 1.165) is 25.2 Å². The lowest BCUT2D eigenvalue weighted by atomic mass is 10.0. The Bertz CT molecular complexity index is 792. The molecule has 1 fully saturated rings. The van der Waals surface area contributed by atoms with Gasteiger partial charge >= 0.3 is 0 Å². The Hall–Kier alpha value is -1.75. The molecule has 0 radical (unpaired) electrons. The quantitative estimate of drug-likeness (QED) is 0.723. The third-order valence-electron chi connectivity index (χ3n) is 5.20. The van der Waals surface area contributed by atoms with E-state index in [-0.39, 0.29) is 18.4 Å². The Morgan fingerprint density at radius 1 is 1.15 bits per heavy atom. The maximum absolute atomic E-state index is 13.0. The summed E-state index contributed by atoms with van der Waals surface area (Å²) in [7, 11) is 1.86. The van der Waals surface area contributed by atoms with Gasteiger partial charge in [0.2, 0.25) is 5.91 Å². The number of halogens is 2. The molecule has 1 unspecified atom stereocenters. The first-order valence-corrected chi connectivity index (χ1v) is 9.97. The van der Waals surface area contributed by atoms with Gasteiger partial charge in [0.05, 0.1) is 22.5 Å². The largest absolute Gasteiger partial charge is 0.398 e. The summed E-state index contributed by atoms with van der Waals surface area (Å²) in [6.07, 6.45) is 2.64. The van der Waals surface area contributed by atoms with Crippen molar-refractivity contribution in [3.8, 4) is 0 Å². The summed E-state index contributed by atoms with van der Waals surface area (Å²) in [4.78, 5) is 17.3. The van der Waals surface area contributed by atoms with E-state index in [4.69, 9.17) is 28.9 Å². The highest BCUT2D eigenvalue weighted by Gasteiger charge is 2.26. The Balaban J connectivity index is 1.79. The van der Waals surface area contributed by atoms with Crippen LogP contribution in [0.4, 0.5) is 5.69 Å². The molecule has 27 heavy (non-hydrogen) atoms. The fourth-order valence-corrected chi connectivity index (χ4v) is 3.91. The fourth-order valence-electron chi connectivity index (χ4n) is 3.55. The van der Waals surface area contributed by atoms with Crippen LogP contribution in [0.1, 0.15) is 30.0 Å². The zero-order valence-electron chi connectivity index (χ0n) is 15.5. The van der Waals surface area contributed by atoms with E-state index >= 15 is 0 Å². The highest BCUT2D eigenvalue weighted by Crippen LogP contribution is 2.29. The molecule has 6 heteroatoms.